The maximum atomic E-state index is 13.6. The van der Waals surface area contributed by atoms with Gasteiger partial charge in [0, 0.05) is 22.8 Å². The first kappa shape index (κ1) is 19.4. The van der Waals surface area contributed by atoms with E-state index in [-0.39, 0.29) is 22.8 Å². The highest BCUT2D eigenvalue weighted by Crippen LogP contribution is 2.36. The first-order chi connectivity index (χ1) is 11.4. The molecule has 2 N–H and O–H groups in total. The number of rotatable bonds is 2. The third-order valence-corrected chi connectivity index (χ3v) is 5.28. The van der Waals surface area contributed by atoms with Crippen molar-refractivity contribution in [3.05, 3.63) is 29.6 Å². The number of carbonyl (C=O) groups excluding carboxylic acids is 2. The smallest absolute Gasteiger partial charge is 0.313 e. The minimum absolute atomic E-state index is 0.0870. The minimum Gasteiger partial charge on any atom is -0.345 e. The number of piperidine rings is 1. The van der Waals surface area contributed by atoms with Crippen LogP contribution in [-0.4, -0.2) is 40.9 Å². The Morgan fingerprint density at radius 2 is 1.68 bits per heavy atom. The fourth-order valence-electron chi connectivity index (χ4n) is 3.58. The van der Waals surface area contributed by atoms with Gasteiger partial charge >= 0.3 is 11.8 Å². The van der Waals surface area contributed by atoms with Crippen LogP contribution in [0.3, 0.4) is 0 Å². The number of amides is 2. The van der Waals surface area contributed by atoms with Crippen LogP contribution in [0.4, 0.5) is 10.1 Å². The number of halogens is 1. The third-order valence-electron chi connectivity index (χ3n) is 5.28. The van der Waals surface area contributed by atoms with E-state index >= 15 is 0 Å². The molecule has 0 unspecified atom stereocenters. The summed E-state index contributed by atoms with van der Waals surface area (Å²) in [6, 6.07) is 4.26. The van der Waals surface area contributed by atoms with Crippen molar-refractivity contribution in [2.45, 2.75) is 64.6 Å². The van der Waals surface area contributed by atoms with Crippen molar-refractivity contribution in [3.63, 3.8) is 0 Å². The van der Waals surface area contributed by atoms with Crippen molar-refractivity contribution in [3.8, 4) is 0 Å². The Kier molecular flexibility index (Phi) is 5.23. The van der Waals surface area contributed by atoms with E-state index < -0.39 is 17.6 Å². The molecule has 0 aromatic heterocycles. The lowest BCUT2D eigenvalue weighted by Gasteiger charge is -2.53. The van der Waals surface area contributed by atoms with E-state index in [1.807, 2.05) is 0 Å². The van der Waals surface area contributed by atoms with Crippen molar-refractivity contribution in [1.29, 1.82) is 0 Å². The Labute approximate surface area is 149 Å². The summed E-state index contributed by atoms with van der Waals surface area (Å²) >= 11 is 0. The molecule has 0 aliphatic carbocycles. The van der Waals surface area contributed by atoms with Crippen LogP contribution in [0, 0.1) is 12.7 Å². The van der Waals surface area contributed by atoms with E-state index in [1.165, 1.54) is 6.07 Å². The molecule has 1 aliphatic rings. The van der Waals surface area contributed by atoms with Gasteiger partial charge in [0.05, 0.1) is 0 Å². The molecule has 1 fully saturated rings. The molecule has 2 rings (SSSR count). The van der Waals surface area contributed by atoms with Gasteiger partial charge in [0.2, 0.25) is 0 Å². The molecule has 0 radical (unpaired) electrons. The van der Waals surface area contributed by atoms with Crippen LogP contribution in [0.15, 0.2) is 18.2 Å². The fourth-order valence-corrected chi connectivity index (χ4v) is 3.58. The number of hydrogen-bond acceptors (Lipinski definition) is 3. The Hall–Kier alpha value is -1.95. The third kappa shape index (κ3) is 4.37. The molecule has 138 valence electrons. The Morgan fingerprint density at radius 1 is 1.12 bits per heavy atom. The van der Waals surface area contributed by atoms with Gasteiger partial charge in [-0.05, 0) is 72.2 Å². The van der Waals surface area contributed by atoms with Gasteiger partial charge in [0.1, 0.15) is 5.82 Å². The largest absolute Gasteiger partial charge is 0.345 e. The highest BCUT2D eigenvalue weighted by molar-refractivity contribution is 6.39. The Morgan fingerprint density at radius 3 is 2.20 bits per heavy atom. The first-order valence-corrected chi connectivity index (χ1v) is 8.54. The number of carbonyl (C=O) groups is 2. The summed E-state index contributed by atoms with van der Waals surface area (Å²) in [6.45, 7) is 10.1. The fraction of sp³-hybridized carbons (Fsp3) is 0.579. The molecule has 0 saturated carbocycles. The molecule has 1 saturated heterocycles. The predicted molar refractivity (Wildman–Crippen MR) is 96.9 cm³/mol. The second kappa shape index (κ2) is 6.75. The SMILES string of the molecule is Cc1ccc(NC(=O)C(=O)NC2CC(C)(C)N(C)C(C)(C)C2)cc1F. The number of aryl methyl sites for hydroxylation is 1. The van der Waals surface area contributed by atoms with E-state index in [1.54, 1.807) is 19.1 Å². The molecule has 1 aromatic rings. The summed E-state index contributed by atoms with van der Waals surface area (Å²) in [5.74, 6) is -1.89. The lowest BCUT2D eigenvalue weighted by molar-refractivity contribution is -0.137. The molecule has 2 amide bonds. The lowest BCUT2D eigenvalue weighted by atomic mass is 9.77. The molecular formula is C19H28FN3O2. The van der Waals surface area contributed by atoms with Crippen molar-refractivity contribution in [2.24, 2.45) is 0 Å². The molecule has 5 nitrogen and oxygen atoms in total. The highest BCUT2D eigenvalue weighted by atomic mass is 19.1. The predicted octanol–water partition coefficient (Wildman–Crippen LogP) is 2.84. The van der Waals surface area contributed by atoms with Gasteiger partial charge in [-0.1, -0.05) is 6.07 Å². The highest BCUT2D eigenvalue weighted by Gasteiger charge is 2.43. The zero-order valence-electron chi connectivity index (χ0n) is 15.9. The van der Waals surface area contributed by atoms with E-state index in [9.17, 15) is 14.0 Å². The van der Waals surface area contributed by atoms with E-state index in [2.05, 4.69) is 50.3 Å². The van der Waals surface area contributed by atoms with Crippen LogP contribution >= 0.6 is 0 Å². The number of nitrogens with one attached hydrogen (secondary N) is 2. The summed E-state index contributed by atoms with van der Waals surface area (Å²) in [4.78, 5) is 26.7. The number of anilines is 1. The summed E-state index contributed by atoms with van der Waals surface area (Å²) in [5, 5.41) is 5.27. The normalized spacial score (nSPS) is 20.1. The minimum atomic E-state index is -0.780. The van der Waals surface area contributed by atoms with Crippen molar-refractivity contribution in [2.75, 3.05) is 12.4 Å². The zero-order valence-corrected chi connectivity index (χ0v) is 15.9. The van der Waals surface area contributed by atoms with E-state index in [4.69, 9.17) is 0 Å². The number of likely N-dealkylation sites (tertiary alicyclic amines) is 1. The van der Waals surface area contributed by atoms with Crippen LogP contribution in [0.5, 0.6) is 0 Å². The van der Waals surface area contributed by atoms with Crippen molar-refractivity contribution in [1.82, 2.24) is 10.2 Å². The summed E-state index contributed by atoms with van der Waals surface area (Å²) in [5.41, 5.74) is 0.581. The number of nitrogens with zero attached hydrogens (tertiary/aromatic N) is 1. The van der Waals surface area contributed by atoms with Crippen LogP contribution in [0.1, 0.15) is 46.1 Å². The first-order valence-electron chi connectivity index (χ1n) is 8.54. The van der Waals surface area contributed by atoms with E-state index in [0.29, 0.717) is 5.56 Å². The second-order valence-electron chi connectivity index (χ2n) is 8.18. The Balaban J connectivity index is 2.01. The standard InChI is InChI=1S/C19H28FN3O2/c1-12-7-8-13(9-15(12)20)21-16(24)17(25)22-14-10-18(2,3)23(6)19(4,5)11-14/h7-9,14H,10-11H2,1-6H3,(H,21,24)(H,22,25). The lowest BCUT2D eigenvalue weighted by Crippen LogP contribution is -2.63. The molecule has 0 atom stereocenters. The van der Waals surface area contributed by atoms with Gasteiger partial charge in [-0.3, -0.25) is 14.5 Å². The number of benzene rings is 1. The van der Waals surface area contributed by atoms with Crippen LogP contribution in [0.2, 0.25) is 0 Å². The van der Waals surface area contributed by atoms with E-state index in [0.717, 1.165) is 12.8 Å². The average Bonchev–Trinajstić information content (AvgIpc) is 2.48. The van der Waals surface area contributed by atoms with Gasteiger partial charge in [0.25, 0.3) is 0 Å². The summed E-state index contributed by atoms with van der Waals surface area (Å²) < 4.78 is 13.6. The van der Waals surface area contributed by atoms with Gasteiger partial charge < -0.3 is 10.6 Å². The van der Waals surface area contributed by atoms with Crippen molar-refractivity contribution < 1.29 is 14.0 Å². The van der Waals surface area contributed by atoms with Crippen molar-refractivity contribution >= 4 is 17.5 Å². The molecule has 25 heavy (non-hydrogen) atoms. The van der Waals surface area contributed by atoms with Crippen LogP contribution in [0.25, 0.3) is 0 Å². The summed E-state index contributed by atoms with van der Waals surface area (Å²) in [7, 11) is 2.08. The maximum Gasteiger partial charge on any atom is 0.313 e. The van der Waals surface area contributed by atoms with Crippen LogP contribution in [-0.2, 0) is 9.59 Å². The monoisotopic (exact) mass is 349 g/mol. The topological polar surface area (TPSA) is 61.4 Å². The van der Waals surface area contributed by atoms with Gasteiger partial charge in [0.15, 0.2) is 0 Å². The van der Waals surface area contributed by atoms with Gasteiger partial charge in [-0.2, -0.15) is 0 Å². The van der Waals surface area contributed by atoms with Gasteiger partial charge in [-0.25, -0.2) is 4.39 Å². The number of hydrogen-bond donors (Lipinski definition) is 2. The molecule has 6 heteroatoms. The quantitative estimate of drug-likeness (QED) is 0.807. The Bertz CT molecular complexity index is 667. The molecule has 1 aliphatic heterocycles. The molecular weight excluding hydrogens is 321 g/mol. The molecule has 1 aromatic carbocycles. The zero-order chi connectivity index (χ0) is 19.0. The average molecular weight is 349 g/mol. The molecule has 0 bridgehead atoms. The van der Waals surface area contributed by atoms with Gasteiger partial charge in [-0.15, -0.1) is 0 Å². The maximum absolute atomic E-state index is 13.6. The second-order valence-corrected chi connectivity index (χ2v) is 8.18. The molecule has 0 spiro atoms. The van der Waals surface area contributed by atoms with Crippen LogP contribution < -0.4 is 10.6 Å². The summed E-state index contributed by atoms with van der Waals surface area (Å²) in [6.07, 6.45) is 1.51. The molecule has 1 heterocycles.